The number of aromatic nitrogens is 2. The number of benzene rings is 1. The molecule has 1 aliphatic rings. The molecule has 0 radical (unpaired) electrons. The molecular weight excluding hydrogens is 410 g/mol. The molecule has 0 amide bonds. The molecule has 2 aromatic heterocycles. The average molecular weight is 434 g/mol. The molecule has 6 heteroatoms. The van der Waals surface area contributed by atoms with Crippen LogP contribution in [0.1, 0.15) is 42.3 Å². The van der Waals surface area contributed by atoms with Crippen molar-refractivity contribution in [2.24, 2.45) is 0 Å². The quantitative estimate of drug-likeness (QED) is 0.579. The van der Waals surface area contributed by atoms with E-state index in [0.717, 1.165) is 27.7 Å². The van der Waals surface area contributed by atoms with Crippen LogP contribution in [-0.2, 0) is 0 Å². The number of pyridine rings is 2. The minimum absolute atomic E-state index is 0.108. The molecule has 0 aliphatic carbocycles. The number of hydrogen-bond acceptors (Lipinski definition) is 5. The largest absolute Gasteiger partial charge is 0.507 e. The molecule has 0 fully saturated rings. The molecule has 0 saturated carbocycles. The van der Waals surface area contributed by atoms with Crippen molar-refractivity contribution in [3.8, 4) is 5.75 Å². The van der Waals surface area contributed by atoms with Gasteiger partial charge in [0.2, 0.25) is 0 Å². The van der Waals surface area contributed by atoms with Crippen LogP contribution in [0.3, 0.4) is 0 Å². The van der Waals surface area contributed by atoms with Gasteiger partial charge in [-0.05, 0) is 63.6 Å². The molecule has 0 bridgehead atoms. The highest BCUT2D eigenvalue weighted by Gasteiger charge is 2.27. The molecule has 31 heavy (non-hydrogen) atoms. The molecule has 1 aromatic carbocycles. The summed E-state index contributed by atoms with van der Waals surface area (Å²) >= 11 is 6.00. The summed E-state index contributed by atoms with van der Waals surface area (Å²) in [6.07, 6.45) is 1.71. The first-order chi connectivity index (χ1) is 14.7. The van der Waals surface area contributed by atoms with Gasteiger partial charge in [-0.3, -0.25) is 4.98 Å². The van der Waals surface area contributed by atoms with Gasteiger partial charge in [-0.15, -0.1) is 0 Å². The van der Waals surface area contributed by atoms with E-state index < -0.39 is 0 Å². The Morgan fingerprint density at radius 1 is 1.13 bits per heavy atom. The van der Waals surface area contributed by atoms with Crippen molar-refractivity contribution in [1.82, 2.24) is 9.97 Å². The van der Waals surface area contributed by atoms with Crippen LogP contribution in [-0.4, -0.2) is 15.1 Å². The van der Waals surface area contributed by atoms with Crippen molar-refractivity contribution in [2.45, 2.75) is 33.7 Å². The van der Waals surface area contributed by atoms with Crippen molar-refractivity contribution in [2.75, 3.05) is 5.32 Å². The van der Waals surface area contributed by atoms with Crippen LogP contribution in [0.25, 0.3) is 18.1 Å². The minimum atomic E-state index is -0.108. The SMILES string of the molecule is C=c1ccc(=C2Oc3c(cc(C)cc3C(C)Nc3ccc(Cl)nc3C)C(O)=C2C)cn1. The summed E-state index contributed by atoms with van der Waals surface area (Å²) < 4.78 is 6.40. The van der Waals surface area contributed by atoms with Crippen LogP contribution >= 0.6 is 11.6 Å². The number of fused-ring (bicyclic) bond motifs is 1. The lowest BCUT2D eigenvalue weighted by molar-refractivity contribution is 0.453. The minimum Gasteiger partial charge on any atom is -0.507 e. The molecule has 2 N–H and O–H groups in total. The van der Waals surface area contributed by atoms with Crippen LogP contribution in [0.5, 0.6) is 5.75 Å². The van der Waals surface area contributed by atoms with E-state index in [0.29, 0.717) is 33.1 Å². The van der Waals surface area contributed by atoms with E-state index in [-0.39, 0.29) is 11.8 Å². The van der Waals surface area contributed by atoms with Gasteiger partial charge in [0.25, 0.3) is 0 Å². The number of hydrogen-bond donors (Lipinski definition) is 2. The number of aryl methyl sites for hydroxylation is 2. The number of rotatable bonds is 3. The van der Waals surface area contributed by atoms with Gasteiger partial charge in [0.1, 0.15) is 22.4 Å². The van der Waals surface area contributed by atoms with Gasteiger partial charge >= 0.3 is 0 Å². The number of halogens is 1. The number of aliphatic hydroxyl groups is 1. The Hall–Kier alpha value is -3.31. The molecule has 4 rings (SSSR count). The van der Waals surface area contributed by atoms with E-state index in [1.54, 1.807) is 12.3 Å². The number of aliphatic hydroxyl groups excluding tert-OH is 1. The second-order valence-electron chi connectivity index (χ2n) is 7.81. The Morgan fingerprint density at radius 2 is 1.90 bits per heavy atom. The van der Waals surface area contributed by atoms with E-state index in [9.17, 15) is 5.11 Å². The lowest BCUT2D eigenvalue weighted by atomic mass is 9.94. The van der Waals surface area contributed by atoms with Gasteiger partial charge < -0.3 is 15.2 Å². The Balaban J connectivity index is 1.83. The summed E-state index contributed by atoms with van der Waals surface area (Å²) in [5, 5.41) is 16.4. The number of ether oxygens (including phenoxy) is 1. The second kappa shape index (κ2) is 8.08. The average Bonchev–Trinajstić information content (AvgIpc) is 2.73. The highest BCUT2D eigenvalue weighted by molar-refractivity contribution is 6.29. The summed E-state index contributed by atoms with van der Waals surface area (Å²) in [5.41, 5.74) is 5.01. The van der Waals surface area contributed by atoms with Crippen LogP contribution in [0, 0.1) is 13.8 Å². The fraction of sp³-hybridized carbons (Fsp3) is 0.200. The van der Waals surface area contributed by atoms with Crippen molar-refractivity contribution < 1.29 is 9.84 Å². The van der Waals surface area contributed by atoms with Crippen molar-refractivity contribution >= 4 is 35.4 Å². The van der Waals surface area contributed by atoms with E-state index in [4.69, 9.17) is 16.3 Å². The second-order valence-corrected chi connectivity index (χ2v) is 8.19. The summed E-state index contributed by atoms with van der Waals surface area (Å²) in [5.74, 6) is 1.41. The number of nitrogens with zero attached hydrogens (tertiary/aromatic N) is 2. The van der Waals surface area contributed by atoms with Crippen LogP contribution < -0.4 is 20.6 Å². The van der Waals surface area contributed by atoms with Crippen LogP contribution in [0.15, 0.2) is 48.2 Å². The zero-order valence-corrected chi connectivity index (χ0v) is 18.7. The van der Waals surface area contributed by atoms with E-state index >= 15 is 0 Å². The zero-order valence-electron chi connectivity index (χ0n) is 18.0. The lowest BCUT2D eigenvalue weighted by Crippen LogP contribution is -2.21. The Bertz CT molecular complexity index is 1310. The van der Waals surface area contributed by atoms with Gasteiger partial charge in [0.05, 0.1) is 28.3 Å². The third-order valence-electron chi connectivity index (χ3n) is 5.39. The topological polar surface area (TPSA) is 67.3 Å². The summed E-state index contributed by atoms with van der Waals surface area (Å²) in [6, 6.07) is 11.3. The fourth-order valence-electron chi connectivity index (χ4n) is 3.73. The molecule has 0 spiro atoms. The van der Waals surface area contributed by atoms with Crippen molar-refractivity contribution in [3.05, 3.63) is 86.3 Å². The van der Waals surface area contributed by atoms with E-state index in [1.807, 2.05) is 52.0 Å². The Morgan fingerprint density at radius 3 is 2.58 bits per heavy atom. The third kappa shape index (κ3) is 4.01. The van der Waals surface area contributed by atoms with Crippen molar-refractivity contribution in [1.29, 1.82) is 0 Å². The Labute approximate surface area is 186 Å². The van der Waals surface area contributed by atoms with Gasteiger partial charge in [-0.25, -0.2) is 4.98 Å². The summed E-state index contributed by atoms with van der Waals surface area (Å²) in [6.45, 7) is 11.6. The smallest absolute Gasteiger partial charge is 0.143 e. The van der Waals surface area contributed by atoms with Gasteiger partial charge in [0, 0.05) is 22.6 Å². The molecule has 5 nitrogen and oxygen atoms in total. The predicted octanol–water partition coefficient (Wildman–Crippen LogP) is 4.82. The highest BCUT2D eigenvalue weighted by atomic mass is 35.5. The van der Waals surface area contributed by atoms with E-state index in [1.165, 1.54) is 0 Å². The summed E-state index contributed by atoms with van der Waals surface area (Å²) in [7, 11) is 0. The van der Waals surface area contributed by atoms with Gasteiger partial charge in [-0.1, -0.05) is 24.2 Å². The molecule has 1 unspecified atom stereocenters. The first kappa shape index (κ1) is 20.9. The number of anilines is 1. The van der Waals surface area contributed by atoms with Crippen molar-refractivity contribution in [3.63, 3.8) is 0 Å². The maximum Gasteiger partial charge on any atom is 0.143 e. The van der Waals surface area contributed by atoms with E-state index in [2.05, 4.69) is 27.9 Å². The highest BCUT2D eigenvalue weighted by Crippen LogP contribution is 2.42. The summed E-state index contributed by atoms with van der Waals surface area (Å²) in [4.78, 5) is 8.58. The third-order valence-corrected chi connectivity index (χ3v) is 5.60. The van der Waals surface area contributed by atoms with Gasteiger partial charge in [-0.2, -0.15) is 0 Å². The first-order valence-electron chi connectivity index (χ1n) is 10.0. The number of nitrogens with one attached hydrogen (secondary N) is 1. The monoisotopic (exact) mass is 433 g/mol. The molecule has 3 aromatic rings. The van der Waals surface area contributed by atoms with Crippen LogP contribution in [0.2, 0.25) is 5.15 Å². The lowest BCUT2D eigenvalue weighted by Gasteiger charge is -2.27. The molecule has 3 heterocycles. The Kier molecular flexibility index (Phi) is 5.46. The molecule has 1 atom stereocenters. The normalized spacial score (nSPS) is 15.9. The first-order valence-corrected chi connectivity index (χ1v) is 10.4. The molecular formula is C25H24ClN3O2. The molecule has 0 saturated heterocycles. The van der Waals surface area contributed by atoms with Gasteiger partial charge in [0.15, 0.2) is 0 Å². The maximum atomic E-state index is 11.0. The predicted molar refractivity (Wildman–Crippen MR) is 125 cm³/mol. The molecule has 1 aliphatic heterocycles. The fourth-order valence-corrected chi connectivity index (χ4v) is 3.92. The molecule has 158 valence electrons. The van der Waals surface area contributed by atoms with Crippen LogP contribution in [0.4, 0.5) is 5.69 Å². The maximum absolute atomic E-state index is 11.0. The zero-order chi connectivity index (χ0) is 22.3. The standard InChI is InChI=1S/C25H24ClN3O2/c1-13-10-19(16(4)28-21-8-9-22(26)29-17(21)5)25-20(11-13)23(30)15(3)24(31-25)18-7-6-14(2)27-12-18/h6-12,16,28,30H,2H2,1,3-5H3.